The minimum atomic E-state index is -1.02. The molecule has 0 saturated carbocycles. The van der Waals surface area contributed by atoms with Crippen LogP contribution in [-0.2, 0) is 9.59 Å². The molecule has 0 aliphatic carbocycles. The van der Waals surface area contributed by atoms with Crippen molar-refractivity contribution < 1.29 is 14.0 Å². The second-order valence-electron chi connectivity index (χ2n) is 4.92. The van der Waals surface area contributed by atoms with Crippen LogP contribution in [0.2, 0.25) is 0 Å². The lowest BCUT2D eigenvalue weighted by molar-refractivity contribution is -0.136. The van der Waals surface area contributed by atoms with Crippen molar-refractivity contribution in [3.63, 3.8) is 0 Å². The van der Waals surface area contributed by atoms with Crippen molar-refractivity contribution in [2.24, 2.45) is 0 Å². The minimum absolute atomic E-state index is 0.137. The van der Waals surface area contributed by atoms with Crippen molar-refractivity contribution in [3.05, 3.63) is 30.1 Å². The van der Waals surface area contributed by atoms with Gasteiger partial charge in [-0.15, -0.1) is 0 Å². The zero-order chi connectivity index (χ0) is 13.5. The summed E-state index contributed by atoms with van der Waals surface area (Å²) in [6.45, 7) is 4.79. The Morgan fingerprint density at radius 2 is 1.89 bits per heavy atom. The summed E-state index contributed by atoms with van der Waals surface area (Å²) < 4.78 is 13.8. The van der Waals surface area contributed by atoms with E-state index in [1.165, 1.54) is 17.0 Å². The normalized spacial score (nSPS) is 22.9. The van der Waals surface area contributed by atoms with Gasteiger partial charge in [-0.1, -0.05) is 12.1 Å². The number of anilines is 1. The molecule has 1 fully saturated rings. The molecular weight excluding hydrogens is 235 g/mol. The lowest BCUT2D eigenvalue weighted by Crippen LogP contribution is -2.67. The zero-order valence-electron chi connectivity index (χ0n) is 10.5. The number of para-hydroxylation sites is 1. The van der Waals surface area contributed by atoms with Crippen molar-refractivity contribution in [1.82, 2.24) is 5.32 Å². The minimum Gasteiger partial charge on any atom is -0.340 e. The number of nitrogens with one attached hydrogen (secondary N) is 1. The Morgan fingerprint density at radius 1 is 1.28 bits per heavy atom. The molecule has 1 aromatic rings. The standard InChI is InChI=1S/C13H15FN2O2/c1-8-11(17)15-13(2,3)12(18)16(8)10-7-5-4-6-9(10)14/h4-8H,1-3H3,(H,15,17). The van der Waals surface area contributed by atoms with Crippen LogP contribution in [0.5, 0.6) is 0 Å². The molecule has 1 aromatic carbocycles. The van der Waals surface area contributed by atoms with E-state index in [2.05, 4.69) is 5.32 Å². The third-order valence-electron chi connectivity index (χ3n) is 3.07. The maximum Gasteiger partial charge on any atom is 0.252 e. The zero-order valence-corrected chi connectivity index (χ0v) is 10.5. The van der Waals surface area contributed by atoms with Crippen LogP contribution < -0.4 is 10.2 Å². The number of nitrogens with zero attached hydrogens (tertiary/aromatic N) is 1. The molecule has 1 saturated heterocycles. The van der Waals surface area contributed by atoms with Crippen molar-refractivity contribution in [1.29, 1.82) is 0 Å². The third kappa shape index (κ3) is 1.85. The summed E-state index contributed by atoms with van der Waals surface area (Å²) in [5.41, 5.74) is -0.885. The van der Waals surface area contributed by atoms with E-state index in [4.69, 9.17) is 0 Å². The van der Waals surface area contributed by atoms with Gasteiger partial charge in [0.15, 0.2) is 0 Å². The van der Waals surface area contributed by atoms with E-state index in [-0.39, 0.29) is 17.5 Å². The molecule has 96 valence electrons. The lowest BCUT2D eigenvalue weighted by atomic mass is 9.96. The van der Waals surface area contributed by atoms with Gasteiger partial charge in [-0.25, -0.2) is 4.39 Å². The number of hydrogen-bond donors (Lipinski definition) is 1. The van der Waals surface area contributed by atoms with Crippen molar-refractivity contribution >= 4 is 17.5 Å². The van der Waals surface area contributed by atoms with Crippen LogP contribution >= 0.6 is 0 Å². The summed E-state index contributed by atoms with van der Waals surface area (Å²) in [7, 11) is 0. The van der Waals surface area contributed by atoms with Gasteiger partial charge in [0.1, 0.15) is 17.4 Å². The van der Waals surface area contributed by atoms with E-state index in [1.807, 2.05) is 0 Å². The van der Waals surface area contributed by atoms with Crippen LogP contribution in [0.1, 0.15) is 20.8 Å². The van der Waals surface area contributed by atoms with Gasteiger partial charge in [0, 0.05) is 0 Å². The van der Waals surface area contributed by atoms with Crippen molar-refractivity contribution in [2.75, 3.05) is 4.90 Å². The number of piperazine rings is 1. The number of hydrogen-bond acceptors (Lipinski definition) is 2. The number of benzene rings is 1. The molecule has 1 aliphatic rings. The SMILES string of the molecule is CC1C(=O)NC(C)(C)C(=O)N1c1ccccc1F. The van der Waals surface area contributed by atoms with Gasteiger partial charge in [0.2, 0.25) is 5.91 Å². The molecule has 0 spiro atoms. The molecular formula is C13H15FN2O2. The Labute approximate surface area is 105 Å². The van der Waals surface area contributed by atoms with Gasteiger partial charge in [0.05, 0.1) is 5.69 Å². The summed E-state index contributed by atoms with van der Waals surface area (Å²) >= 11 is 0. The van der Waals surface area contributed by atoms with E-state index >= 15 is 0 Å². The summed E-state index contributed by atoms with van der Waals surface area (Å²) in [6, 6.07) is 5.23. The van der Waals surface area contributed by atoms with E-state index < -0.39 is 17.4 Å². The first kappa shape index (κ1) is 12.5. The second kappa shape index (κ2) is 4.08. The van der Waals surface area contributed by atoms with E-state index in [1.54, 1.807) is 32.9 Å². The van der Waals surface area contributed by atoms with E-state index in [9.17, 15) is 14.0 Å². The van der Waals surface area contributed by atoms with Crippen LogP contribution in [0.4, 0.5) is 10.1 Å². The van der Waals surface area contributed by atoms with Gasteiger partial charge in [-0.3, -0.25) is 14.5 Å². The van der Waals surface area contributed by atoms with Gasteiger partial charge in [0.25, 0.3) is 5.91 Å². The summed E-state index contributed by atoms with van der Waals surface area (Å²) in [6.07, 6.45) is 0. The maximum atomic E-state index is 13.8. The molecule has 2 amide bonds. The fourth-order valence-corrected chi connectivity index (χ4v) is 2.03. The molecule has 4 nitrogen and oxygen atoms in total. The molecule has 5 heteroatoms. The third-order valence-corrected chi connectivity index (χ3v) is 3.07. The fourth-order valence-electron chi connectivity index (χ4n) is 2.03. The Kier molecular flexibility index (Phi) is 2.84. The Balaban J connectivity index is 2.50. The molecule has 0 radical (unpaired) electrons. The van der Waals surface area contributed by atoms with Crippen LogP contribution in [0.3, 0.4) is 0 Å². The van der Waals surface area contributed by atoms with Crippen LogP contribution in [-0.4, -0.2) is 23.4 Å². The first-order chi connectivity index (χ1) is 8.34. The monoisotopic (exact) mass is 250 g/mol. The fraction of sp³-hybridized carbons (Fsp3) is 0.385. The van der Waals surface area contributed by atoms with Crippen molar-refractivity contribution in [2.45, 2.75) is 32.4 Å². The molecule has 1 atom stereocenters. The van der Waals surface area contributed by atoms with Gasteiger partial charge < -0.3 is 5.32 Å². The van der Waals surface area contributed by atoms with E-state index in [0.717, 1.165) is 0 Å². The van der Waals surface area contributed by atoms with Crippen LogP contribution in [0.15, 0.2) is 24.3 Å². The number of carbonyl (C=O) groups excluding carboxylic acids is 2. The summed E-state index contributed by atoms with van der Waals surface area (Å²) in [5.74, 6) is -1.12. The summed E-state index contributed by atoms with van der Waals surface area (Å²) in [4.78, 5) is 25.3. The van der Waals surface area contributed by atoms with Gasteiger partial charge >= 0.3 is 0 Å². The van der Waals surface area contributed by atoms with Gasteiger partial charge in [-0.05, 0) is 32.9 Å². The Morgan fingerprint density at radius 3 is 2.50 bits per heavy atom. The molecule has 0 aromatic heterocycles. The van der Waals surface area contributed by atoms with E-state index in [0.29, 0.717) is 0 Å². The van der Waals surface area contributed by atoms with Gasteiger partial charge in [-0.2, -0.15) is 0 Å². The molecule has 1 aliphatic heterocycles. The molecule has 1 unspecified atom stereocenters. The largest absolute Gasteiger partial charge is 0.340 e. The molecule has 1 N–H and O–H groups in total. The average Bonchev–Trinajstić information content (AvgIpc) is 2.29. The predicted octanol–water partition coefficient (Wildman–Crippen LogP) is 1.46. The highest BCUT2D eigenvalue weighted by Gasteiger charge is 2.44. The number of amides is 2. The number of rotatable bonds is 1. The highest BCUT2D eigenvalue weighted by atomic mass is 19.1. The molecule has 18 heavy (non-hydrogen) atoms. The Hall–Kier alpha value is -1.91. The molecule has 0 bridgehead atoms. The number of carbonyl (C=O) groups is 2. The Bertz CT molecular complexity index is 513. The first-order valence-corrected chi connectivity index (χ1v) is 5.75. The smallest absolute Gasteiger partial charge is 0.252 e. The first-order valence-electron chi connectivity index (χ1n) is 5.75. The average molecular weight is 250 g/mol. The highest BCUT2D eigenvalue weighted by molar-refractivity contribution is 6.10. The predicted molar refractivity (Wildman–Crippen MR) is 65.6 cm³/mol. The molecule has 2 rings (SSSR count). The summed E-state index contributed by atoms with van der Waals surface area (Å²) in [5, 5.41) is 2.62. The number of halogens is 1. The molecule has 1 heterocycles. The topological polar surface area (TPSA) is 49.4 Å². The highest BCUT2D eigenvalue weighted by Crippen LogP contribution is 2.27. The maximum absolute atomic E-state index is 13.8. The second-order valence-corrected chi connectivity index (χ2v) is 4.92. The quantitative estimate of drug-likeness (QED) is 0.820. The van der Waals surface area contributed by atoms with Crippen LogP contribution in [0.25, 0.3) is 0 Å². The van der Waals surface area contributed by atoms with Crippen LogP contribution in [0, 0.1) is 5.82 Å². The lowest BCUT2D eigenvalue weighted by Gasteiger charge is -2.41. The van der Waals surface area contributed by atoms with Crippen molar-refractivity contribution in [3.8, 4) is 0 Å².